The lowest BCUT2D eigenvalue weighted by molar-refractivity contribution is 0.261. The van der Waals surface area contributed by atoms with E-state index in [0.717, 1.165) is 21.4 Å². The first-order chi connectivity index (χ1) is 7.35. The van der Waals surface area contributed by atoms with Crippen LogP contribution in [0.5, 0.6) is 0 Å². The Morgan fingerprint density at radius 2 is 2.06 bits per heavy atom. The van der Waals surface area contributed by atoms with E-state index < -0.39 is 0 Å². The maximum atomic E-state index is 8.98. The third-order valence-corrected chi connectivity index (χ3v) is 3.22. The summed E-state index contributed by atoms with van der Waals surface area (Å²) in [5.41, 5.74) is 8.50. The molecule has 0 aliphatic heterocycles. The smallest absolute Gasteiger partial charge is 0.0492 e. The minimum Gasteiger partial charge on any atom is -0.398 e. The van der Waals surface area contributed by atoms with Crippen LogP contribution in [0.4, 0.5) is 11.4 Å². The average Bonchev–Trinajstić information content (AvgIpc) is 2.13. The standard InChI is InChI=1S/C12H19BrN2O/c1-8-6-11(9(13)7-10(8)14)15-12(2,3)4-5-16/h6-7,15-16H,4-5,14H2,1-3H3. The van der Waals surface area contributed by atoms with Crippen LogP contribution in [0.25, 0.3) is 0 Å². The van der Waals surface area contributed by atoms with E-state index in [-0.39, 0.29) is 12.1 Å². The minimum atomic E-state index is -0.139. The molecule has 4 heteroatoms. The third-order valence-electron chi connectivity index (χ3n) is 2.57. The zero-order valence-electron chi connectivity index (χ0n) is 9.97. The van der Waals surface area contributed by atoms with E-state index >= 15 is 0 Å². The van der Waals surface area contributed by atoms with Crippen LogP contribution in [-0.2, 0) is 0 Å². The Hall–Kier alpha value is -0.740. The van der Waals surface area contributed by atoms with Crippen LogP contribution >= 0.6 is 15.9 Å². The quantitative estimate of drug-likeness (QED) is 0.746. The summed E-state index contributed by atoms with van der Waals surface area (Å²) in [6, 6.07) is 3.91. The van der Waals surface area contributed by atoms with Crippen molar-refractivity contribution < 1.29 is 5.11 Å². The lowest BCUT2D eigenvalue weighted by Crippen LogP contribution is -2.32. The Labute approximate surface area is 105 Å². The molecule has 1 aromatic carbocycles. The van der Waals surface area contributed by atoms with Gasteiger partial charge in [0.1, 0.15) is 0 Å². The number of halogens is 1. The van der Waals surface area contributed by atoms with Crippen molar-refractivity contribution in [1.29, 1.82) is 0 Å². The van der Waals surface area contributed by atoms with E-state index in [4.69, 9.17) is 10.8 Å². The number of aryl methyl sites for hydroxylation is 1. The summed E-state index contributed by atoms with van der Waals surface area (Å²) in [4.78, 5) is 0. The normalized spacial score (nSPS) is 11.6. The first-order valence-electron chi connectivity index (χ1n) is 5.30. The van der Waals surface area contributed by atoms with Gasteiger partial charge < -0.3 is 16.2 Å². The summed E-state index contributed by atoms with van der Waals surface area (Å²) in [6.07, 6.45) is 0.697. The second-order valence-electron chi connectivity index (χ2n) is 4.67. The van der Waals surface area contributed by atoms with Gasteiger partial charge in [-0.05, 0) is 60.8 Å². The molecule has 0 heterocycles. The van der Waals surface area contributed by atoms with E-state index in [1.54, 1.807) is 0 Å². The van der Waals surface area contributed by atoms with Crippen molar-refractivity contribution in [3.05, 3.63) is 22.2 Å². The SMILES string of the molecule is Cc1cc(NC(C)(C)CCO)c(Br)cc1N. The number of nitrogens with two attached hydrogens (primary N) is 1. The Bertz CT molecular complexity index is 378. The van der Waals surface area contributed by atoms with Gasteiger partial charge in [0.25, 0.3) is 0 Å². The summed E-state index contributed by atoms with van der Waals surface area (Å²) in [5, 5.41) is 12.4. The molecule has 0 amide bonds. The molecular formula is C12H19BrN2O. The molecule has 0 saturated carbocycles. The highest BCUT2D eigenvalue weighted by molar-refractivity contribution is 9.10. The molecule has 90 valence electrons. The zero-order chi connectivity index (χ0) is 12.3. The number of hydrogen-bond acceptors (Lipinski definition) is 3. The molecule has 3 nitrogen and oxygen atoms in total. The summed E-state index contributed by atoms with van der Waals surface area (Å²) in [7, 11) is 0. The van der Waals surface area contributed by atoms with Gasteiger partial charge in [0.15, 0.2) is 0 Å². The molecule has 0 radical (unpaired) electrons. The van der Waals surface area contributed by atoms with E-state index in [1.165, 1.54) is 0 Å². The van der Waals surface area contributed by atoms with E-state index in [9.17, 15) is 0 Å². The molecule has 0 bridgehead atoms. The highest BCUT2D eigenvalue weighted by atomic mass is 79.9. The summed E-state index contributed by atoms with van der Waals surface area (Å²) >= 11 is 3.48. The molecule has 0 aliphatic rings. The number of nitrogen functional groups attached to an aromatic ring is 1. The lowest BCUT2D eigenvalue weighted by Gasteiger charge is -2.27. The van der Waals surface area contributed by atoms with Crippen molar-refractivity contribution in [3.63, 3.8) is 0 Å². The first-order valence-corrected chi connectivity index (χ1v) is 6.10. The lowest BCUT2D eigenvalue weighted by atomic mass is 10.0. The molecule has 0 aromatic heterocycles. The maximum Gasteiger partial charge on any atom is 0.0492 e. The number of rotatable bonds is 4. The molecule has 1 rings (SSSR count). The predicted molar refractivity (Wildman–Crippen MR) is 72.7 cm³/mol. The molecule has 0 saturated heterocycles. The van der Waals surface area contributed by atoms with Gasteiger partial charge in [-0.1, -0.05) is 0 Å². The van der Waals surface area contributed by atoms with Gasteiger partial charge in [0, 0.05) is 28.0 Å². The van der Waals surface area contributed by atoms with Gasteiger partial charge in [-0.15, -0.1) is 0 Å². The van der Waals surface area contributed by atoms with E-state index in [0.29, 0.717) is 6.42 Å². The summed E-state index contributed by atoms with van der Waals surface area (Å²) in [5.74, 6) is 0. The van der Waals surface area contributed by atoms with Crippen molar-refractivity contribution >= 4 is 27.3 Å². The molecule has 1 aromatic rings. The highest BCUT2D eigenvalue weighted by Gasteiger charge is 2.18. The number of nitrogens with one attached hydrogen (secondary N) is 1. The Balaban J connectivity index is 2.93. The Morgan fingerprint density at radius 1 is 1.44 bits per heavy atom. The van der Waals surface area contributed by atoms with Crippen LogP contribution < -0.4 is 11.1 Å². The van der Waals surface area contributed by atoms with E-state index in [1.807, 2.05) is 19.1 Å². The van der Waals surface area contributed by atoms with E-state index in [2.05, 4.69) is 35.1 Å². The molecule has 16 heavy (non-hydrogen) atoms. The molecule has 0 atom stereocenters. The van der Waals surface area contributed by atoms with Crippen LogP contribution in [0.3, 0.4) is 0 Å². The van der Waals surface area contributed by atoms with Gasteiger partial charge in [-0.3, -0.25) is 0 Å². The number of aliphatic hydroxyl groups is 1. The van der Waals surface area contributed by atoms with Gasteiger partial charge >= 0.3 is 0 Å². The number of hydrogen-bond donors (Lipinski definition) is 3. The highest BCUT2D eigenvalue weighted by Crippen LogP contribution is 2.30. The van der Waals surface area contributed by atoms with Crippen LogP contribution in [0, 0.1) is 6.92 Å². The maximum absolute atomic E-state index is 8.98. The monoisotopic (exact) mass is 286 g/mol. The van der Waals surface area contributed by atoms with Crippen LogP contribution in [0.1, 0.15) is 25.8 Å². The van der Waals surface area contributed by atoms with Crippen molar-refractivity contribution in [2.45, 2.75) is 32.7 Å². The van der Waals surface area contributed by atoms with Gasteiger partial charge in [0.2, 0.25) is 0 Å². The molecule has 4 N–H and O–H groups in total. The van der Waals surface area contributed by atoms with Crippen molar-refractivity contribution in [3.8, 4) is 0 Å². The van der Waals surface area contributed by atoms with Crippen molar-refractivity contribution in [2.75, 3.05) is 17.7 Å². The largest absolute Gasteiger partial charge is 0.398 e. The minimum absolute atomic E-state index is 0.139. The molecule has 0 fully saturated rings. The molecule has 0 aliphatic carbocycles. The van der Waals surface area contributed by atoms with Gasteiger partial charge in [-0.25, -0.2) is 0 Å². The predicted octanol–water partition coefficient (Wildman–Crippen LogP) is 2.91. The number of aliphatic hydroxyl groups excluding tert-OH is 1. The topological polar surface area (TPSA) is 58.3 Å². The molecular weight excluding hydrogens is 268 g/mol. The van der Waals surface area contributed by atoms with Crippen molar-refractivity contribution in [2.24, 2.45) is 0 Å². The fourth-order valence-corrected chi connectivity index (χ4v) is 1.96. The van der Waals surface area contributed by atoms with Crippen molar-refractivity contribution in [1.82, 2.24) is 0 Å². The van der Waals surface area contributed by atoms with Gasteiger partial charge in [0.05, 0.1) is 0 Å². The average molecular weight is 287 g/mol. The summed E-state index contributed by atoms with van der Waals surface area (Å²) in [6.45, 7) is 6.26. The summed E-state index contributed by atoms with van der Waals surface area (Å²) < 4.78 is 0.946. The van der Waals surface area contributed by atoms with Gasteiger partial charge in [-0.2, -0.15) is 0 Å². The fraction of sp³-hybridized carbons (Fsp3) is 0.500. The Kier molecular flexibility index (Phi) is 4.21. The third kappa shape index (κ3) is 3.39. The fourth-order valence-electron chi connectivity index (χ4n) is 1.50. The van der Waals surface area contributed by atoms with Crippen LogP contribution in [-0.4, -0.2) is 17.3 Å². The Morgan fingerprint density at radius 3 is 2.62 bits per heavy atom. The molecule has 0 spiro atoms. The number of benzene rings is 1. The second kappa shape index (κ2) is 5.06. The zero-order valence-corrected chi connectivity index (χ0v) is 11.6. The molecule has 0 unspecified atom stereocenters. The van der Waals surface area contributed by atoms with Crippen LogP contribution in [0.2, 0.25) is 0 Å². The number of anilines is 2. The first kappa shape index (κ1) is 13.3. The second-order valence-corrected chi connectivity index (χ2v) is 5.53. The van der Waals surface area contributed by atoms with Crippen LogP contribution in [0.15, 0.2) is 16.6 Å².